The van der Waals surface area contributed by atoms with Gasteiger partial charge in [0, 0.05) is 25.3 Å². The van der Waals surface area contributed by atoms with Gasteiger partial charge in [-0.25, -0.2) is 19.3 Å². The molecule has 1 N–H and O–H groups in total. The summed E-state index contributed by atoms with van der Waals surface area (Å²) in [4.78, 5) is 10.7. The van der Waals surface area contributed by atoms with Gasteiger partial charge in [-0.15, -0.1) is 0 Å². The Bertz CT molecular complexity index is 810. The second-order valence-electron chi connectivity index (χ2n) is 6.13. The Morgan fingerprint density at radius 2 is 2.12 bits per heavy atom. The molecule has 132 valence electrons. The number of hydrogen-bond acceptors (Lipinski definition) is 6. The van der Waals surface area contributed by atoms with E-state index in [4.69, 9.17) is 0 Å². The molecule has 0 spiro atoms. The molecule has 25 heavy (non-hydrogen) atoms. The number of aliphatic hydroxyl groups is 1. The Kier molecular flexibility index (Phi) is 5.08. The summed E-state index contributed by atoms with van der Waals surface area (Å²) in [6.45, 7) is 2.79. The van der Waals surface area contributed by atoms with E-state index < -0.39 is 6.10 Å². The highest BCUT2D eigenvalue weighted by atomic mass is 16.3. The third kappa shape index (κ3) is 4.03. The molecule has 0 unspecified atom stereocenters. The molecule has 0 bridgehead atoms. The largest absolute Gasteiger partial charge is 0.391 e. The van der Waals surface area contributed by atoms with Crippen LogP contribution in [0.4, 0.5) is 5.69 Å². The normalized spacial score (nSPS) is 12.3. The van der Waals surface area contributed by atoms with E-state index in [2.05, 4.69) is 26.2 Å². The molecule has 2 heterocycles. The van der Waals surface area contributed by atoms with Crippen molar-refractivity contribution in [1.82, 2.24) is 29.5 Å². The first kappa shape index (κ1) is 17.1. The first-order valence-electron chi connectivity index (χ1n) is 8.28. The number of rotatable bonds is 7. The van der Waals surface area contributed by atoms with Gasteiger partial charge in [-0.05, 0) is 18.6 Å². The van der Waals surface area contributed by atoms with Crippen molar-refractivity contribution in [3.05, 3.63) is 42.7 Å². The number of nitrogens with zero attached hydrogens (tertiary/aromatic N) is 7. The SMILES string of the molecule is CC[C@@H](O)Cn1nc(Cn2cncn2)nc1-c1cccc(N(C)C)c1. The van der Waals surface area contributed by atoms with Crippen LogP contribution in [0.2, 0.25) is 0 Å². The molecule has 8 heteroatoms. The van der Waals surface area contributed by atoms with E-state index in [1.54, 1.807) is 15.7 Å². The van der Waals surface area contributed by atoms with Crippen molar-refractivity contribution in [2.24, 2.45) is 0 Å². The van der Waals surface area contributed by atoms with Gasteiger partial charge in [0.2, 0.25) is 0 Å². The molecule has 0 saturated heterocycles. The molecule has 0 aliphatic rings. The lowest BCUT2D eigenvalue weighted by Gasteiger charge is -2.14. The summed E-state index contributed by atoms with van der Waals surface area (Å²) in [5, 5.41) is 18.7. The molecular weight excluding hydrogens is 318 g/mol. The van der Waals surface area contributed by atoms with E-state index in [1.165, 1.54) is 6.33 Å². The molecule has 0 amide bonds. The van der Waals surface area contributed by atoms with Crippen LogP contribution in [0.1, 0.15) is 19.2 Å². The topological polar surface area (TPSA) is 84.9 Å². The van der Waals surface area contributed by atoms with E-state index >= 15 is 0 Å². The van der Waals surface area contributed by atoms with E-state index in [1.807, 2.05) is 44.1 Å². The average Bonchev–Trinajstić information content (AvgIpc) is 3.25. The second-order valence-corrected chi connectivity index (χ2v) is 6.13. The maximum Gasteiger partial charge on any atom is 0.172 e. The molecule has 0 aliphatic carbocycles. The Morgan fingerprint density at radius 3 is 2.80 bits per heavy atom. The zero-order chi connectivity index (χ0) is 17.8. The minimum Gasteiger partial charge on any atom is -0.391 e. The Morgan fingerprint density at radius 1 is 1.28 bits per heavy atom. The van der Waals surface area contributed by atoms with Crippen molar-refractivity contribution in [3.63, 3.8) is 0 Å². The standard InChI is InChI=1S/C17H23N7O/c1-4-15(25)9-24-17(13-6-5-7-14(8-13)22(2)3)20-16(21-24)10-23-12-18-11-19-23/h5-8,11-12,15,25H,4,9-10H2,1-3H3/t15-/m1/s1. The van der Waals surface area contributed by atoms with Crippen molar-refractivity contribution in [3.8, 4) is 11.4 Å². The molecule has 1 atom stereocenters. The second kappa shape index (κ2) is 7.43. The quantitative estimate of drug-likeness (QED) is 0.700. The average molecular weight is 341 g/mol. The van der Waals surface area contributed by atoms with Gasteiger partial charge in [0.1, 0.15) is 19.2 Å². The van der Waals surface area contributed by atoms with Gasteiger partial charge in [-0.2, -0.15) is 10.2 Å². The van der Waals surface area contributed by atoms with Crippen LogP contribution in [0, 0.1) is 0 Å². The fourth-order valence-corrected chi connectivity index (χ4v) is 2.51. The van der Waals surface area contributed by atoms with Crippen molar-refractivity contribution in [2.75, 3.05) is 19.0 Å². The molecule has 3 rings (SSSR count). The van der Waals surface area contributed by atoms with Crippen LogP contribution in [0.15, 0.2) is 36.9 Å². The van der Waals surface area contributed by atoms with Gasteiger partial charge in [-0.1, -0.05) is 19.1 Å². The molecule has 0 aliphatic heterocycles. The fourth-order valence-electron chi connectivity index (χ4n) is 2.51. The van der Waals surface area contributed by atoms with E-state index in [0.29, 0.717) is 25.3 Å². The fraction of sp³-hybridized carbons (Fsp3) is 0.412. The molecule has 0 fully saturated rings. The summed E-state index contributed by atoms with van der Waals surface area (Å²) in [7, 11) is 4.00. The van der Waals surface area contributed by atoms with E-state index in [9.17, 15) is 5.11 Å². The van der Waals surface area contributed by atoms with Gasteiger partial charge >= 0.3 is 0 Å². The van der Waals surface area contributed by atoms with E-state index in [-0.39, 0.29) is 0 Å². The highest BCUT2D eigenvalue weighted by Gasteiger charge is 2.15. The summed E-state index contributed by atoms with van der Waals surface area (Å²) in [6, 6.07) is 8.11. The lowest BCUT2D eigenvalue weighted by Crippen LogP contribution is -2.17. The third-order valence-corrected chi connectivity index (χ3v) is 3.96. The van der Waals surface area contributed by atoms with Crippen molar-refractivity contribution < 1.29 is 5.11 Å². The summed E-state index contributed by atoms with van der Waals surface area (Å²) >= 11 is 0. The molecule has 0 radical (unpaired) electrons. The third-order valence-electron chi connectivity index (χ3n) is 3.96. The van der Waals surface area contributed by atoms with Crippen molar-refractivity contribution >= 4 is 5.69 Å². The minimum absolute atomic E-state index is 0.405. The first-order valence-corrected chi connectivity index (χ1v) is 8.28. The summed E-state index contributed by atoms with van der Waals surface area (Å²) in [6.07, 6.45) is 3.32. The van der Waals surface area contributed by atoms with Crippen molar-refractivity contribution in [1.29, 1.82) is 0 Å². The van der Waals surface area contributed by atoms with Crippen LogP contribution in [-0.4, -0.2) is 54.8 Å². The predicted octanol–water partition coefficient (Wildman–Crippen LogP) is 1.42. The van der Waals surface area contributed by atoms with Gasteiger partial charge in [0.15, 0.2) is 11.6 Å². The molecular formula is C17H23N7O. The minimum atomic E-state index is -0.461. The maximum atomic E-state index is 10.1. The molecule has 2 aromatic heterocycles. The molecule has 1 aromatic carbocycles. The molecule has 3 aromatic rings. The van der Waals surface area contributed by atoms with Crippen LogP contribution in [0.5, 0.6) is 0 Å². The summed E-state index contributed by atoms with van der Waals surface area (Å²) in [5.74, 6) is 1.38. The number of anilines is 1. The number of aromatic nitrogens is 6. The smallest absolute Gasteiger partial charge is 0.172 e. The molecule has 0 saturated carbocycles. The highest BCUT2D eigenvalue weighted by molar-refractivity contribution is 5.63. The zero-order valence-corrected chi connectivity index (χ0v) is 14.7. The summed E-state index contributed by atoms with van der Waals surface area (Å²) in [5.41, 5.74) is 2.05. The Hall–Kier alpha value is -2.74. The van der Waals surface area contributed by atoms with Crippen LogP contribution in [-0.2, 0) is 13.1 Å². The lowest BCUT2D eigenvalue weighted by atomic mass is 10.1. The maximum absolute atomic E-state index is 10.1. The van der Waals surface area contributed by atoms with Crippen LogP contribution in [0.3, 0.4) is 0 Å². The van der Waals surface area contributed by atoms with Crippen molar-refractivity contribution in [2.45, 2.75) is 32.5 Å². The van der Waals surface area contributed by atoms with Gasteiger partial charge in [0.05, 0.1) is 12.6 Å². The van der Waals surface area contributed by atoms with Gasteiger partial charge in [-0.3, -0.25) is 0 Å². The van der Waals surface area contributed by atoms with Gasteiger partial charge < -0.3 is 10.0 Å². The van der Waals surface area contributed by atoms with Crippen LogP contribution in [0.25, 0.3) is 11.4 Å². The number of benzene rings is 1. The van der Waals surface area contributed by atoms with E-state index in [0.717, 1.165) is 17.1 Å². The van der Waals surface area contributed by atoms with Crippen LogP contribution < -0.4 is 4.90 Å². The zero-order valence-electron chi connectivity index (χ0n) is 14.7. The lowest BCUT2D eigenvalue weighted by molar-refractivity contribution is 0.145. The monoisotopic (exact) mass is 341 g/mol. The Balaban J connectivity index is 1.97. The number of aliphatic hydroxyl groups excluding tert-OH is 1. The summed E-state index contributed by atoms with van der Waals surface area (Å²) < 4.78 is 3.45. The highest BCUT2D eigenvalue weighted by Crippen LogP contribution is 2.23. The predicted molar refractivity (Wildman–Crippen MR) is 95.2 cm³/mol. The molecule has 8 nitrogen and oxygen atoms in total. The van der Waals surface area contributed by atoms with Gasteiger partial charge in [0.25, 0.3) is 0 Å². The van der Waals surface area contributed by atoms with Crippen LogP contribution >= 0.6 is 0 Å². The first-order chi connectivity index (χ1) is 12.1. The Labute approximate surface area is 146 Å². The number of hydrogen-bond donors (Lipinski definition) is 1.